The normalized spacial score (nSPS) is 26.7. The number of hydrogen-bond donors (Lipinski definition) is 1. The number of rotatable bonds is 8. The summed E-state index contributed by atoms with van der Waals surface area (Å²) in [6.45, 7) is 8.38. The average molecular weight is 314 g/mol. The largest absolute Gasteiger partial charge is 0.464 e. The maximum absolute atomic E-state index is 11.9. The molecule has 5 nitrogen and oxygen atoms in total. The van der Waals surface area contributed by atoms with Crippen molar-refractivity contribution in [1.82, 2.24) is 0 Å². The third-order valence-corrected chi connectivity index (χ3v) is 4.40. The van der Waals surface area contributed by atoms with Crippen LogP contribution in [0.2, 0.25) is 0 Å². The van der Waals surface area contributed by atoms with Gasteiger partial charge in [-0.2, -0.15) is 0 Å². The standard InChI is InChI=1S/C17H30O5/c1-5-21-17(20)15(19)9-13(18)10-22-16-8-12(4)6-7-14(16)11(2)3/h11-12,14-16,19H,5-10H2,1-4H3. The number of ether oxygens (including phenoxy) is 2. The van der Waals surface area contributed by atoms with Crippen LogP contribution in [0.1, 0.15) is 53.4 Å². The van der Waals surface area contributed by atoms with Crippen LogP contribution in [-0.4, -0.2) is 42.3 Å². The van der Waals surface area contributed by atoms with Gasteiger partial charge in [-0.05, 0) is 37.5 Å². The van der Waals surface area contributed by atoms with Gasteiger partial charge in [0.15, 0.2) is 11.9 Å². The quantitative estimate of drug-likeness (QED) is 0.696. The molecule has 1 N–H and O–H groups in total. The molecule has 22 heavy (non-hydrogen) atoms. The maximum atomic E-state index is 11.9. The summed E-state index contributed by atoms with van der Waals surface area (Å²) in [7, 11) is 0. The Kier molecular flexibility index (Phi) is 8.04. The smallest absolute Gasteiger partial charge is 0.335 e. The molecule has 1 aliphatic rings. The predicted molar refractivity (Wildman–Crippen MR) is 83.3 cm³/mol. The molecule has 0 heterocycles. The maximum Gasteiger partial charge on any atom is 0.335 e. The summed E-state index contributed by atoms with van der Waals surface area (Å²) in [4.78, 5) is 23.2. The van der Waals surface area contributed by atoms with Crippen LogP contribution in [0, 0.1) is 17.8 Å². The molecule has 0 saturated heterocycles. The van der Waals surface area contributed by atoms with Gasteiger partial charge in [0.1, 0.15) is 6.61 Å². The highest BCUT2D eigenvalue weighted by molar-refractivity contribution is 5.86. The van der Waals surface area contributed by atoms with Crippen LogP contribution in [0.4, 0.5) is 0 Å². The van der Waals surface area contributed by atoms with Crippen molar-refractivity contribution in [3.05, 3.63) is 0 Å². The number of esters is 1. The highest BCUT2D eigenvalue weighted by Gasteiger charge is 2.32. The number of aliphatic hydroxyl groups is 1. The van der Waals surface area contributed by atoms with Crippen molar-refractivity contribution < 1.29 is 24.2 Å². The van der Waals surface area contributed by atoms with Crippen LogP contribution in [0.25, 0.3) is 0 Å². The number of carbonyl (C=O) groups is 2. The van der Waals surface area contributed by atoms with E-state index in [2.05, 4.69) is 25.5 Å². The molecule has 0 bridgehead atoms. The van der Waals surface area contributed by atoms with E-state index in [0.717, 1.165) is 12.8 Å². The van der Waals surface area contributed by atoms with Crippen molar-refractivity contribution in [2.75, 3.05) is 13.2 Å². The second-order valence-electron chi connectivity index (χ2n) is 6.69. The van der Waals surface area contributed by atoms with Gasteiger partial charge in [0.25, 0.3) is 0 Å². The molecule has 0 radical (unpaired) electrons. The first-order valence-electron chi connectivity index (χ1n) is 8.33. The van der Waals surface area contributed by atoms with Crippen molar-refractivity contribution >= 4 is 11.8 Å². The molecule has 128 valence electrons. The number of ketones is 1. The van der Waals surface area contributed by atoms with E-state index in [1.807, 2.05) is 0 Å². The lowest BCUT2D eigenvalue weighted by Crippen LogP contribution is -2.36. The van der Waals surface area contributed by atoms with Gasteiger partial charge in [-0.1, -0.05) is 27.2 Å². The van der Waals surface area contributed by atoms with E-state index in [9.17, 15) is 14.7 Å². The second kappa shape index (κ2) is 9.26. The van der Waals surface area contributed by atoms with Gasteiger partial charge in [-0.3, -0.25) is 4.79 Å². The minimum atomic E-state index is -1.39. The van der Waals surface area contributed by atoms with E-state index in [1.54, 1.807) is 6.92 Å². The monoisotopic (exact) mass is 314 g/mol. The summed E-state index contributed by atoms with van der Waals surface area (Å²) in [5, 5.41) is 9.59. The Balaban J connectivity index is 2.42. The SMILES string of the molecule is CCOC(=O)C(O)CC(=O)COC1CC(C)CCC1C(C)C. The van der Waals surface area contributed by atoms with Crippen molar-refractivity contribution in [3.63, 3.8) is 0 Å². The van der Waals surface area contributed by atoms with Gasteiger partial charge in [0.2, 0.25) is 0 Å². The number of Topliss-reactive ketones (excluding diaryl/α,β-unsaturated/α-hetero) is 1. The Hall–Kier alpha value is -0.940. The summed E-state index contributed by atoms with van der Waals surface area (Å²) in [5.41, 5.74) is 0. The van der Waals surface area contributed by atoms with Crippen LogP contribution in [-0.2, 0) is 19.1 Å². The van der Waals surface area contributed by atoms with Crippen molar-refractivity contribution in [2.45, 2.75) is 65.6 Å². The van der Waals surface area contributed by atoms with Crippen LogP contribution in [0.15, 0.2) is 0 Å². The molecule has 0 aromatic rings. The van der Waals surface area contributed by atoms with Gasteiger partial charge in [-0.15, -0.1) is 0 Å². The predicted octanol–water partition coefficient (Wildman–Crippen LogP) is 2.35. The minimum Gasteiger partial charge on any atom is -0.464 e. The second-order valence-corrected chi connectivity index (χ2v) is 6.69. The molecule has 5 heteroatoms. The first-order chi connectivity index (χ1) is 10.3. The average Bonchev–Trinajstić information content (AvgIpc) is 2.45. The zero-order chi connectivity index (χ0) is 16.7. The van der Waals surface area contributed by atoms with E-state index in [0.29, 0.717) is 17.8 Å². The molecule has 4 unspecified atom stereocenters. The van der Waals surface area contributed by atoms with Gasteiger partial charge >= 0.3 is 5.97 Å². The Bertz CT molecular complexity index is 366. The third kappa shape index (κ3) is 6.05. The first-order valence-corrected chi connectivity index (χ1v) is 8.33. The Morgan fingerprint density at radius 1 is 1.27 bits per heavy atom. The highest BCUT2D eigenvalue weighted by Crippen LogP contribution is 2.35. The molecular formula is C17H30O5. The molecular weight excluding hydrogens is 284 g/mol. The van der Waals surface area contributed by atoms with Crippen LogP contribution in [0.5, 0.6) is 0 Å². The Labute approximate surface area is 133 Å². The van der Waals surface area contributed by atoms with E-state index >= 15 is 0 Å². The molecule has 0 spiro atoms. The summed E-state index contributed by atoms with van der Waals surface area (Å²) in [6.07, 6.45) is 1.76. The Morgan fingerprint density at radius 2 is 1.95 bits per heavy atom. The molecule has 1 aliphatic carbocycles. The lowest BCUT2D eigenvalue weighted by Gasteiger charge is -2.37. The van der Waals surface area contributed by atoms with Gasteiger partial charge in [0, 0.05) is 6.42 Å². The minimum absolute atomic E-state index is 0.0446. The van der Waals surface area contributed by atoms with Crippen LogP contribution < -0.4 is 0 Å². The van der Waals surface area contributed by atoms with Gasteiger partial charge in [0.05, 0.1) is 12.7 Å². The summed E-state index contributed by atoms with van der Waals surface area (Å²) in [5.74, 6) is 0.598. The number of hydrogen-bond acceptors (Lipinski definition) is 5. The van der Waals surface area contributed by atoms with Crippen LogP contribution >= 0.6 is 0 Å². The Morgan fingerprint density at radius 3 is 2.55 bits per heavy atom. The fraction of sp³-hybridized carbons (Fsp3) is 0.882. The van der Waals surface area contributed by atoms with E-state index in [-0.39, 0.29) is 31.5 Å². The molecule has 0 aliphatic heterocycles. The van der Waals surface area contributed by atoms with E-state index < -0.39 is 12.1 Å². The third-order valence-electron chi connectivity index (χ3n) is 4.40. The fourth-order valence-electron chi connectivity index (χ4n) is 3.10. The first kappa shape index (κ1) is 19.1. The number of carbonyl (C=O) groups excluding carboxylic acids is 2. The molecule has 0 aromatic carbocycles. The topological polar surface area (TPSA) is 72.8 Å². The summed E-state index contributed by atoms with van der Waals surface area (Å²) in [6, 6.07) is 0. The van der Waals surface area contributed by atoms with E-state index in [1.165, 1.54) is 6.42 Å². The van der Waals surface area contributed by atoms with E-state index in [4.69, 9.17) is 4.74 Å². The van der Waals surface area contributed by atoms with Crippen molar-refractivity contribution in [1.29, 1.82) is 0 Å². The molecule has 1 fully saturated rings. The summed E-state index contributed by atoms with van der Waals surface area (Å²) < 4.78 is 10.5. The molecule has 1 rings (SSSR count). The summed E-state index contributed by atoms with van der Waals surface area (Å²) >= 11 is 0. The van der Waals surface area contributed by atoms with Crippen molar-refractivity contribution in [2.24, 2.45) is 17.8 Å². The number of aliphatic hydroxyl groups excluding tert-OH is 1. The van der Waals surface area contributed by atoms with Gasteiger partial charge in [-0.25, -0.2) is 4.79 Å². The lowest BCUT2D eigenvalue weighted by atomic mass is 9.75. The molecule has 0 amide bonds. The zero-order valence-corrected chi connectivity index (χ0v) is 14.2. The highest BCUT2D eigenvalue weighted by atomic mass is 16.5. The van der Waals surface area contributed by atoms with Gasteiger partial charge < -0.3 is 14.6 Å². The lowest BCUT2D eigenvalue weighted by molar-refractivity contribution is -0.155. The molecule has 4 atom stereocenters. The molecule has 1 saturated carbocycles. The van der Waals surface area contributed by atoms with Crippen LogP contribution in [0.3, 0.4) is 0 Å². The molecule has 0 aromatic heterocycles. The zero-order valence-electron chi connectivity index (χ0n) is 14.2. The fourth-order valence-corrected chi connectivity index (χ4v) is 3.10. The van der Waals surface area contributed by atoms with Crippen molar-refractivity contribution in [3.8, 4) is 0 Å².